The van der Waals surface area contributed by atoms with Crippen molar-refractivity contribution in [2.45, 2.75) is 21.6 Å². The Hall–Kier alpha value is -1.42. The molecule has 21 heavy (non-hydrogen) atoms. The lowest BCUT2D eigenvalue weighted by molar-refractivity contribution is 0.482. The number of thiol groups is 2. The van der Waals surface area contributed by atoms with E-state index in [9.17, 15) is 13.0 Å². The largest absolute Gasteiger partial charge is 0.294 e. The topological polar surface area (TPSA) is 93.0 Å². The molecule has 1 heterocycles. The summed E-state index contributed by atoms with van der Waals surface area (Å²) in [6, 6.07) is 4.59. The lowest BCUT2D eigenvalue weighted by Gasteiger charge is -2.08. The van der Waals surface area contributed by atoms with Gasteiger partial charge in [0.15, 0.2) is 10.3 Å². The van der Waals surface area contributed by atoms with E-state index in [1.165, 1.54) is 12.1 Å². The number of benzene rings is 1. The number of nitrogens with zero attached hydrogens (tertiary/aromatic N) is 3. The minimum Gasteiger partial charge on any atom is -0.282 e. The molecule has 0 aliphatic carbocycles. The van der Waals surface area contributed by atoms with Gasteiger partial charge < -0.3 is 0 Å². The predicted octanol–water partition coefficient (Wildman–Crippen LogP) is 1.93. The van der Waals surface area contributed by atoms with Crippen molar-refractivity contribution >= 4 is 41.5 Å². The second-order valence-electron chi connectivity index (χ2n) is 4.07. The van der Waals surface area contributed by atoms with Crippen LogP contribution in [0.2, 0.25) is 0 Å². The van der Waals surface area contributed by atoms with Crippen LogP contribution in [0.1, 0.15) is 17.0 Å². The van der Waals surface area contributed by atoms with Gasteiger partial charge in [0.05, 0.1) is 4.90 Å². The fourth-order valence-electron chi connectivity index (χ4n) is 1.73. The molecule has 6 nitrogen and oxygen atoms in total. The van der Waals surface area contributed by atoms with Crippen molar-refractivity contribution in [3.63, 3.8) is 0 Å². The van der Waals surface area contributed by atoms with Gasteiger partial charge in [-0.05, 0) is 17.2 Å². The molecule has 1 N–H and O–H groups in total. The van der Waals surface area contributed by atoms with Crippen LogP contribution in [-0.4, -0.2) is 27.9 Å². The van der Waals surface area contributed by atoms with Gasteiger partial charge in [0.1, 0.15) is 5.82 Å². The number of hydrogen-bond acceptors (Lipinski definition) is 7. The highest BCUT2D eigenvalue weighted by Crippen LogP contribution is 2.21. The third-order valence-corrected chi connectivity index (χ3v) is 3.95. The molecule has 0 bridgehead atoms. The molecule has 0 radical (unpaired) electrons. The molecule has 0 atom stereocenters. The monoisotopic (exact) mass is 341 g/mol. The molecule has 0 aliphatic rings. The molecule has 0 aliphatic heterocycles. The standard InChI is InChI=1S/C12H11N3O3S3/c1-2-7-3-4-8(9(5-7)21(16,17)18)6-10-13-11(19)15-12(20)14-10/h2-5H,1,6H2,(H,16,17,18)(H2,13,14,15,19,20). The van der Waals surface area contributed by atoms with Crippen molar-refractivity contribution in [3.05, 3.63) is 41.7 Å². The third kappa shape index (κ3) is 4.03. The molecule has 0 spiro atoms. The quantitative estimate of drug-likeness (QED) is 0.581. The van der Waals surface area contributed by atoms with Crippen LogP contribution in [-0.2, 0) is 16.5 Å². The first kappa shape index (κ1) is 16.0. The molecular formula is C12H11N3O3S3. The molecule has 1 aromatic carbocycles. The van der Waals surface area contributed by atoms with Crippen molar-refractivity contribution in [1.29, 1.82) is 0 Å². The summed E-state index contributed by atoms with van der Waals surface area (Å²) in [4.78, 5) is 11.6. The van der Waals surface area contributed by atoms with E-state index in [0.29, 0.717) is 17.0 Å². The van der Waals surface area contributed by atoms with Crippen molar-refractivity contribution in [2.75, 3.05) is 0 Å². The maximum Gasteiger partial charge on any atom is 0.294 e. The van der Waals surface area contributed by atoms with Crippen LogP contribution in [0.3, 0.4) is 0 Å². The van der Waals surface area contributed by atoms with Gasteiger partial charge in [0.2, 0.25) is 0 Å². The van der Waals surface area contributed by atoms with E-state index >= 15 is 0 Å². The van der Waals surface area contributed by atoms with Gasteiger partial charge >= 0.3 is 0 Å². The third-order valence-electron chi connectivity index (χ3n) is 2.61. The highest BCUT2D eigenvalue weighted by atomic mass is 32.2. The van der Waals surface area contributed by atoms with Crippen molar-refractivity contribution in [1.82, 2.24) is 15.0 Å². The fourth-order valence-corrected chi connectivity index (χ4v) is 2.98. The van der Waals surface area contributed by atoms with Crippen LogP contribution < -0.4 is 0 Å². The zero-order chi connectivity index (χ0) is 15.6. The van der Waals surface area contributed by atoms with Gasteiger partial charge in [0, 0.05) is 6.42 Å². The van der Waals surface area contributed by atoms with Crippen LogP contribution in [0.25, 0.3) is 6.08 Å². The normalized spacial score (nSPS) is 11.4. The SMILES string of the molecule is C=Cc1ccc(Cc2nc(S)nc(S)n2)c(S(=O)(=O)O)c1. The molecule has 0 saturated carbocycles. The lowest BCUT2D eigenvalue weighted by Crippen LogP contribution is -2.07. The summed E-state index contributed by atoms with van der Waals surface area (Å²) in [6.07, 6.45) is 1.58. The Kier molecular flexibility index (Phi) is 4.67. The Bertz CT molecular complexity index is 786. The van der Waals surface area contributed by atoms with Gasteiger partial charge in [-0.15, -0.1) is 25.3 Å². The van der Waals surface area contributed by atoms with E-state index < -0.39 is 10.1 Å². The van der Waals surface area contributed by atoms with E-state index in [-0.39, 0.29) is 21.6 Å². The van der Waals surface area contributed by atoms with Gasteiger partial charge in [-0.25, -0.2) is 9.97 Å². The molecule has 0 saturated heterocycles. The van der Waals surface area contributed by atoms with Crippen molar-refractivity contribution in [2.24, 2.45) is 0 Å². The molecule has 9 heteroatoms. The summed E-state index contributed by atoms with van der Waals surface area (Å²) in [6.45, 7) is 3.56. The number of hydrogen-bond donors (Lipinski definition) is 3. The first-order valence-corrected chi connectivity index (χ1v) is 7.99. The van der Waals surface area contributed by atoms with Crippen LogP contribution in [0, 0.1) is 0 Å². The Balaban J connectivity index is 2.51. The maximum atomic E-state index is 11.5. The number of aromatic nitrogens is 3. The number of rotatable bonds is 4. The first-order valence-electron chi connectivity index (χ1n) is 5.65. The van der Waals surface area contributed by atoms with E-state index in [4.69, 9.17) is 0 Å². The highest BCUT2D eigenvalue weighted by molar-refractivity contribution is 7.85. The van der Waals surface area contributed by atoms with Crippen molar-refractivity contribution < 1.29 is 13.0 Å². The Morgan fingerprint density at radius 2 is 1.81 bits per heavy atom. The van der Waals surface area contributed by atoms with E-state index in [0.717, 1.165) is 0 Å². The van der Waals surface area contributed by atoms with Crippen LogP contribution >= 0.6 is 25.3 Å². The fraction of sp³-hybridized carbons (Fsp3) is 0.0833. The molecule has 2 rings (SSSR count). The molecule has 2 aromatic rings. The second-order valence-corrected chi connectivity index (χ2v) is 6.26. The zero-order valence-electron chi connectivity index (χ0n) is 10.6. The average Bonchev–Trinajstić information content (AvgIpc) is 2.36. The summed E-state index contributed by atoms with van der Waals surface area (Å²) in [5.41, 5.74) is 0.932. The van der Waals surface area contributed by atoms with Crippen molar-refractivity contribution in [3.8, 4) is 0 Å². The predicted molar refractivity (Wildman–Crippen MR) is 83.5 cm³/mol. The summed E-state index contributed by atoms with van der Waals surface area (Å²) < 4.78 is 32.3. The molecular weight excluding hydrogens is 330 g/mol. The smallest absolute Gasteiger partial charge is 0.282 e. The van der Waals surface area contributed by atoms with Crippen LogP contribution in [0.15, 0.2) is 40.0 Å². The van der Waals surface area contributed by atoms with Gasteiger partial charge in [0.25, 0.3) is 10.1 Å². The molecule has 0 fully saturated rings. The Morgan fingerprint density at radius 1 is 1.19 bits per heavy atom. The zero-order valence-corrected chi connectivity index (χ0v) is 13.2. The van der Waals surface area contributed by atoms with Gasteiger partial charge in [-0.1, -0.05) is 24.8 Å². The lowest BCUT2D eigenvalue weighted by atomic mass is 10.1. The second kappa shape index (κ2) is 6.14. The van der Waals surface area contributed by atoms with Crippen LogP contribution in [0.4, 0.5) is 0 Å². The summed E-state index contributed by atoms with van der Waals surface area (Å²) >= 11 is 8.03. The van der Waals surface area contributed by atoms with E-state index in [2.05, 4.69) is 46.8 Å². The van der Waals surface area contributed by atoms with Gasteiger partial charge in [-0.3, -0.25) is 4.55 Å². The Labute approximate surface area is 132 Å². The summed E-state index contributed by atoms with van der Waals surface area (Å²) in [7, 11) is -4.36. The minimum absolute atomic E-state index is 0.0934. The highest BCUT2D eigenvalue weighted by Gasteiger charge is 2.17. The van der Waals surface area contributed by atoms with E-state index in [1.54, 1.807) is 12.1 Å². The maximum absolute atomic E-state index is 11.5. The molecule has 0 unspecified atom stereocenters. The minimum atomic E-state index is -4.36. The average molecular weight is 341 g/mol. The van der Waals surface area contributed by atoms with Gasteiger partial charge in [-0.2, -0.15) is 13.4 Å². The van der Waals surface area contributed by atoms with Crippen LogP contribution in [0.5, 0.6) is 0 Å². The molecule has 1 aromatic heterocycles. The Morgan fingerprint density at radius 3 is 2.33 bits per heavy atom. The molecule has 110 valence electrons. The van der Waals surface area contributed by atoms with E-state index in [1.807, 2.05) is 0 Å². The molecule has 0 amide bonds. The summed E-state index contributed by atoms with van der Waals surface area (Å²) in [5, 5.41) is 0.363. The summed E-state index contributed by atoms with van der Waals surface area (Å²) in [5.74, 6) is 0.302. The first-order chi connectivity index (χ1) is 9.79.